The molecule has 0 saturated carbocycles. The second-order valence-electron chi connectivity index (χ2n) is 5.39. The highest BCUT2D eigenvalue weighted by Crippen LogP contribution is 2.22. The second-order valence-corrected chi connectivity index (χ2v) is 5.83. The average Bonchev–Trinajstić information content (AvgIpc) is 2.55. The van der Waals surface area contributed by atoms with Gasteiger partial charge in [0, 0.05) is 5.02 Å². The van der Waals surface area contributed by atoms with E-state index >= 15 is 0 Å². The summed E-state index contributed by atoms with van der Waals surface area (Å²) in [6.07, 6.45) is 0. The lowest BCUT2D eigenvalue weighted by Gasteiger charge is -2.15. The number of hydrogen-bond acceptors (Lipinski definition) is 4. The summed E-state index contributed by atoms with van der Waals surface area (Å²) in [4.78, 5) is 23.9. The Kier molecular flexibility index (Phi) is 5.82. The summed E-state index contributed by atoms with van der Waals surface area (Å²) in [6.45, 7) is 3.04. The molecule has 0 aliphatic rings. The van der Waals surface area contributed by atoms with E-state index in [1.165, 1.54) is 6.07 Å². The van der Waals surface area contributed by atoms with Crippen molar-refractivity contribution < 1.29 is 19.4 Å². The van der Waals surface area contributed by atoms with Gasteiger partial charge < -0.3 is 15.2 Å². The van der Waals surface area contributed by atoms with Crippen LogP contribution in [0.3, 0.4) is 0 Å². The number of para-hydroxylation sites is 1. The van der Waals surface area contributed by atoms with Crippen LogP contribution in [0.25, 0.3) is 0 Å². The van der Waals surface area contributed by atoms with Crippen LogP contribution in [0.5, 0.6) is 5.75 Å². The van der Waals surface area contributed by atoms with Crippen LogP contribution < -0.4 is 5.32 Å². The Balaban J connectivity index is 1.91. The summed E-state index contributed by atoms with van der Waals surface area (Å²) < 4.78 is 4.95. The van der Waals surface area contributed by atoms with Crippen LogP contribution in [0.1, 0.15) is 34.5 Å². The minimum atomic E-state index is -0.748. The number of rotatable bonds is 5. The molecule has 0 aliphatic heterocycles. The van der Waals surface area contributed by atoms with Gasteiger partial charge in [-0.15, -0.1) is 0 Å². The molecule has 6 heteroatoms. The highest BCUT2D eigenvalue weighted by atomic mass is 35.5. The smallest absolute Gasteiger partial charge is 0.342 e. The number of carbonyl (C=O) groups is 2. The number of aryl methyl sites for hydroxylation is 1. The van der Waals surface area contributed by atoms with Gasteiger partial charge in [-0.3, -0.25) is 4.79 Å². The summed E-state index contributed by atoms with van der Waals surface area (Å²) >= 11 is 5.92. The highest BCUT2D eigenvalue weighted by molar-refractivity contribution is 6.30. The van der Waals surface area contributed by atoms with Gasteiger partial charge in [0.15, 0.2) is 6.61 Å². The van der Waals surface area contributed by atoms with Crippen molar-refractivity contribution in [3.63, 3.8) is 0 Å². The van der Waals surface area contributed by atoms with Crippen LogP contribution in [0.2, 0.25) is 5.02 Å². The van der Waals surface area contributed by atoms with Gasteiger partial charge >= 0.3 is 5.97 Å². The topological polar surface area (TPSA) is 75.6 Å². The number of halogens is 1. The lowest BCUT2D eigenvalue weighted by atomic mass is 10.1. The molecule has 1 atom stereocenters. The third kappa shape index (κ3) is 4.49. The maximum atomic E-state index is 11.9. The fourth-order valence-electron chi connectivity index (χ4n) is 2.17. The molecule has 0 aliphatic carbocycles. The molecule has 0 spiro atoms. The molecule has 0 radical (unpaired) electrons. The van der Waals surface area contributed by atoms with Gasteiger partial charge in [0.2, 0.25) is 0 Å². The zero-order valence-corrected chi connectivity index (χ0v) is 14.1. The van der Waals surface area contributed by atoms with E-state index in [4.69, 9.17) is 16.3 Å². The van der Waals surface area contributed by atoms with Gasteiger partial charge in [0.25, 0.3) is 5.91 Å². The maximum absolute atomic E-state index is 11.9. The average molecular weight is 348 g/mol. The predicted octanol–water partition coefficient (Wildman–Crippen LogP) is 3.39. The molecule has 1 amide bonds. The number of esters is 1. The van der Waals surface area contributed by atoms with Crippen LogP contribution in [-0.2, 0) is 9.53 Å². The van der Waals surface area contributed by atoms with Gasteiger partial charge in [-0.25, -0.2) is 4.79 Å². The lowest BCUT2D eigenvalue weighted by molar-refractivity contribution is -0.124. The quantitative estimate of drug-likeness (QED) is 0.813. The molecular weight excluding hydrogens is 330 g/mol. The number of carbonyl (C=O) groups excluding carboxylic acids is 2. The second kappa shape index (κ2) is 7.84. The molecule has 2 rings (SSSR count). The first-order valence-electron chi connectivity index (χ1n) is 7.39. The molecule has 0 bridgehead atoms. The Hall–Kier alpha value is -2.53. The number of nitrogens with one attached hydrogen (secondary N) is 1. The predicted molar refractivity (Wildman–Crippen MR) is 91.1 cm³/mol. The summed E-state index contributed by atoms with van der Waals surface area (Å²) in [5.41, 5.74) is 1.44. The molecule has 2 aromatic carbocycles. The van der Waals surface area contributed by atoms with Crippen molar-refractivity contribution in [1.82, 2.24) is 5.32 Å². The lowest BCUT2D eigenvalue weighted by Crippen LogP contribution is -2.31. The van der Waals surface area contributed by atoms with E-state index in [1.54, 1.807) is 44.2 Å². The van der Waals surface area contributed by atoms with Gasteiger partial charge in [-0.2, -0.15) is 0 Å². The highest BCUT2D eigenvalue weighted by Gasteiger charge is 2.16. The third-order valence-corrected chi connectivity index (χ3v) is 3.75. The molecule has 5 nitrogen and oxygen atoms in total. The Morgan fingerprint density at radius 3 is 2.67 bits per heavy atom. The molecule has 126 valence electrons. The molecule has 24 heavy (non-hydrogen) atoms. The summed E-state index contributed by atoms with van der Waals surface area (Å²) in [7, 11) is 0. The summed E-state index contributed by atoms with van der Waals surface area (Å²) in [6, 6.07) is 11.6. The van der Waals surface area contributed by atoms with Crippen LogP contribution in [0.15, 0.2) is 42.5 Å². The Morgan fingerprint density at radius 2 is 1.96 bits per heavy atom. The van der Waals surface area contributed by atoms with E-state index < -0.39 is 18.5 Å². The zero-order chi connectivity index (χ0) is 17.7. The third-order valence-electron chi connectivity index (χ3n) is 3.52. The summed E-state index contributed by atoms with van der Waals surface area (Å²) in [5.74, 6) is -1.33. The van der Waals surface area contributed by atoms with Crippen LogP contribution in [-0.4, -0.2) is 23.6 Å². The first-order chi connectivity index (χ1) is 11.4. The molecule has 0 fully saturated rings. The monoisotopic (exact) mass is 347 g/mol. The number of hydrogen-bond donors (Lipinski definition) is 2. The normalized spacial score (nSPS) is 11.6. The van der Waals surface area contributed by atoms with Crippen LogP contribution >= 0.6 is 11.6 Å². The van der Waals surface area contributed by atoms with Crippen molar-refractivity contribution in [2.75, 3.05) is 6.61 Å². The van der Waals surface area contributed by atoms with E-state index in [0.29, 0.717) is 10.6 Å². The number of aromatic hydroxyl groups is 1. The SMILES string of the molecule is Cc1cccc(C(=O)OCC(=O)N[C@H](C)c2cccc(Cl)c2)c1O. The molecule has 2 aromatic rings. The molecule has 0 aromatic heterocycles. The Morgan fingerprint density at radius 1 is 1.25 bits per heavy atom. The van der Waals surface area contributed by atoms with Crippen LogP contribution in [0.4, 0.5) is 0 Å². The Labute approximate surface area is 145 Å². The molecule has 0 saturated heterocycles. The number of phenolic OH excluding ortho intramolecular Hbond substituents is 1. The fourth-order valence-corrected chi connectivity index (χ4v) is 2.37. The minimum Gasteiger partial charge on any atom is -0.507 e. The van der Waals surface area contributed by atoms with Crippen molar-refractivity contribution in [2.45, 2.75) is 19.9 Å². The largest absolute Gasteiger partial charge is 0.507 e. The van der Waals surface area contributed by atoms with Crippen molar-refractivity contribution in [2.24, 2.45) is 0 Å². The van der Waals surface area contributed by atoms with Gasteiger partial charge in [0.1, 0.15) is 11.3 Å². The van der Waals surface area contributed by atoms with E-state index in [0.717, 1.165) is 5.56 Å². The maximum Gasteiger partial charge on any atom is 0.342 e. The number of benzene rings is 2. The number of ether oxygens (including phenoxy) is 1. The molecule has 2 N–H and O–H groups in total. The van der Waals surface area contributed by atoms with E-state index in [1.807, 2.05) is 6.07 Å². The first-order valence-corrected chi connectivity index (χ1v) is 7.77. The van der Waals surface area contributed by atoms with E-state index in [-0.39, 0.29) is 17.4 Å². The van der Waals surface area contributed by atoms with Crippen molar-refractivity contribution in [3.8, 4) is 5.75 Å². The molecule has 0 heterocycles. The van der Waals surface area contributed by atoms with E-state index in [2.05, 4.69) is 5.32 Å². The van der Waals surface area contributed by atoms with Gasteiger partial charge in [-0.1, -0.05) is 35.9 Å². The van der Waals surface area contributed by atoms with Gasteiger partial charge in [-0.05, 0) is 43.2 Å². The molecular formula is C18H18ClNO4. The standard InChI is InChI=1S/C18H18ClNO4/c1-11-5-3-8-15(17(11)22)18(23)24-10-16(21)20-12(2)13-6-4-7-14(19)9-13/h3-9,12,22H,10H2,1-2H3,(H,20,21)/t12-/m1/s1. The number of phenols is 1. The van der Waals surface area contributed by atoms with E-state index in [9.17, 15) is 14.7 Å². The Bertz CT molecular complexity index is 760. The van der Waals surface area contributed by atoms with Crippen molar-refractivity contribution >= 4 is 23.5 Å². The van der Waals surface area contributed by atoms with Gasteiger partial charge in [0.05, 0.1) is 6.04 Å². The molecule has 0 unspecified atom stereocenters. The van der Waals surface area contributed by atoms with Crippen molar-refractivity contribution in [1.29, 1.82) is 0 Å². The van der Waals surface area contributed by atoms with Crippen molar-refractivity contribution in [3.05, 3.63) is 64.2 Å². The summed E-state index contributed by atoms with van der Waals surface area (Å²) in [5, 5.41) is 13.1. The first kappa shape index (κ1) is 17.8. The fraction of sp³-hybridized carbons (Fsp3) is 0.222. The minimum absolute atomic E-state index is 0.0330. The zero-order valence-electron chi connectivity index (χ0n) is 13.4. The number of amides is 1. The van der Waals surface area contributed by atoms with Crippen LogP contribution in [0, 0.1) is 6.92 Å².